The molecule has 0 saturated heterocycles. The van der Waals surface area contributed by atoms with Gasteiger partial charge in [-0.2, -0.15) is 14.6 Å². The van der Waals surface area contributed by atoms with Crippen LogP contribution in [0.4, 0.5) is 5.82 Å². The van der Waals surface area contributed by atoms with Gasteiger partial charge in [-0.3, -0.25) is 4.98 Å². The maximum Gasteiger partial charge on any atom is 0.335 e. The normalized spacial score (nSPS) is 11.1. The second-order valence-electron chi connectivity index (χ2n) is 7.07. The van der Waals surface area contributed by atoms with Crippen molar-refractivity contribution >= 4 is 28.3 Å². The summed E-state index contributed by atoms with van der Waals surface area (Å²) in [4.78, 5) is 20.2. The first-order chi connectivity index (χ1) is 15.0. The summed E-state index contributed by atoms with van der Waals surface area (Å²) >= 11 is 0. The molecule has 5 rings (SSSR count). The van der Waals surface area contributed by atoms with E-state index in [0.29, 0.717) is 28.7 Å². The second-order valence-corrected chi connectivity index (χ2v) is 7.07. The Kier molecular flexibility index (Phi) is 4.25. The average Bonchev–Trinajstić information content (AvgIpc) is 3.21. The maximum atomic E-state index is 11.1. The lowest BCUT2D eigenvalue weighted by atomic mass is 10.1. The fourth-order valence-corrected chi connectivity index (χ4v) is 3.37. The van der Waals surface area contributed by atoms with Crippen LogP contribution in [0.2, 0.25) is 0 Å². The molecule has 0 aliphatic rings. The van der Waals surface area contributed by atoms with Gasteiger partial charge >= 0.3 is 5.97 Å². The Hall–Kier alpha value is -4.46. The molecule has 0 saturated carbocycles. The zero-order valence-corrected chi connectivity index (χ0v) is 16.5. The van der Waals surface area contributed by atoms with Crippen molar-refractivity contribution in [1.29, 1.82) is 0 Å². The van der Waals surface area contributed by atoms with Crippen LogP contribution in [0, 0.1) is 6.92 Å². The van der Waals surface area contributed by atoms with E-state index in [1.165, 1.54) is 12.1 Å². The molecule has 0 aliphatic carbocycles. The number of carboxylic acids is 1. The maximum absolute atomic E-state index is 11.1. The molecular weight excluding hydrogens is 394 g/mol. The van der Waals surface area contributed by atoms with Crippen LogP contribution in [-0.4, -0.2) is 30.7 Å². The third-order valence-electron chi connectivity index (χ3n) is 5.10. The fourth-order valence-electron chi connectivity index (χ4n) is 3.37. The number of rotatable bonds is 4. The van der Waals surface area contributed by atoms with E-state index in [0.717, 1.165) is 22.0 Å². The van der Waals surface area contributed by atoms with E-state index >= 15 is 0 Å². The van der Waals surface area contributed by atoms with Gasteiger partial charge in [-0.05, 0) is 43.3 Å². The first-order valence-electron chi connectivity index (χ1n) is 9.51. The molecule has 152 valence electrons. The Morgan fingerprint density at radius 3 is 2.65 bits per heavy atom. The molecule has 8 nitrogen and oxygen atoms in total. The van der Waals surface area contributed by atoms with Crippen molar-refractivity contribution in [3.63, 3.8) is 0 Å². The number of hydrogen-bond acceptors (Lipinski definition) is 6. The highest BCUT2D eigenvalue weighted by molar-refractivity contribution is 5.88. The number of carbonyl (C=O) groups is 1. The van der Waals surface area contributed by atoms with Crippen LogP contribution in [0.5, 0.6) is 11.6 Å². The number of carboxylic acid groups (broad SMARTS) is 1. The Morgan fingerprint density at radius 1 is 1.10 bits per heavy atom. The van der Waals surface area contributed by atoms with Gasteiger partial charge in [-0.1, -0.05) is 18.2 Å². The quantitative estimate of drug-likeness (QED) is 0.452. The summed E-state index contributed by atoms with van der Waals surface area (Å²) in [6.45, 7) is 1.79. The summed E-state index contributed by atoms with van der Waals surface area (Å²) in [5.74, 6) is 0.183. The van der Waals surface area contributed by atoms with Crippen molar-refractivity contribution in [3.05, 3.63) is 78.1 Å². The van der Waals surface area contributed by atoms with E-state index in [9.17, 15) is 4.79 Å². The zero-order valence-electron chi connectivity index (χ0n) is 16.5. The van der Waals surface area contributed by atoms with E-state index in [4.69, 9.17) is 15.6 Å². The molecule has 0 unspecified atom stereocenters. The second kappa shape index (κ2) is 7.10. The number of para-hydroxylation sites is 1. The minimum Gasteiger partial charge on any atom is -0.478 e. The van der Waals surface area contributed by atoms with Gasteiger partial charge in [0.2, 0.25) is 5.88 Å². The number of fused-ring (bicyclic) bond motifs is 2. The van der Waals surface area contributed by atoms with E-state index in [2.05, 4.69) is 15.1 Å². The molecule has 0 atom stereocenters. The van der Waals surface area contributed by atoms with Crippen molar-refractivity contribution in [2.45, 2.75) is 6.92 Å². The number of pyridine rings is 1. The fraction of sp³-hybridized carbons (Fsp3) is 0.0435. The molecule has 2 aromatic carbocycles. The molecule has 0 bridgehead atoms. The van der Waals surface area contributed by atoms with Gasteiger partial charge in [-0.25, -0.2) is 4.79 Å². The topological polar surface area (TPSA) is 116 Å². The van der Waals surface area contributed by atoms with E-state index in [1.54, 1.807) is 36.0 Å². The number of aromatic nitrogens is 4. The van der Waals surface area contributed by atoms with Crippen molar-refractivity contribution < 1.29 is 14.6 Å². The molecule has 5 aromatic rings. The van der Waals surface area contributed by atoms with Gasteiger partial charge in [-0.15, -0.1) is 0 Å². The van der Waals surface area contributed by atoms with Crippen LogP contribution < -0.4 is 10.5 Å². The molecule has 0 fully saturated rings. The van der Waals surface area contributed by atoms with Gasteiger partial charge in [0.1, 0.15) is 11.6 Å². The Balaban J connectivity index is 1.60. The summed E-state index contributed by atoms with van der Waals surface area (Å²) < 4.78 is 7.49. The minimum absolute atomic E-state index is 0.175. The molecule has 0 amide bonds. The van der Waals surface area contributed by atoms with Gasteiger partial charge in [0, 0.05) is 22.7 Å². The summed E-state index contributed by atoms with van der Waals surface area (Å²) in [5.41, 5.74) is 10.2. The summed E-state index contributed by atoms with van der Waals surface area (Å²) in [5, 5.41) is 14.5. The smallest absolute Gasteiger partial charge is 0.335 e. The number of ether oxygens (including phenoxy) is 1. The Morgan fingerprint density at radius 2 is 1.87 bits per heavy atom. The van der Waals surface area contributed by atoms with Crippen molar-refractivity contribution in [1.82, 2.24) is 19.6 Å². The summed E-state index contributed by atoms with van der Waals surface area (Å²) in [7, 11) is 0. The molecular formula is C23H17N5O3. The number of nitrogens with two attached hydrogens (primary N) is 1. The zero-order chi connectivity index (χ0) is 21.5. The first kappa shape index (κ1) is 18.6. The number of aromatic carboxylic acids is 1. The third kappa shape index (κ3) is 3.20. The highest BCUT2D eigenvalue weighted by Gasteiger charge is 2.17. The predicted octanol–water partition coefficient (Wildman–Crippen LogP) is 4.33. The average molecular weight is 411 g/mol. The lowest BCUT2D eigenvalue weighted by Crippen LogP contribution is -2.05. The molecule has 0 spiro atoms. The number of nitrogens with zero attached hydrogens (tertiary/aromatic N) is 4. The number of anilines is 1. The largest absolute Gasteiger partial charge is 0.478 e. The lowest BCUT2D eigenvalue weighted by Gasteiger charge is -2.11. The monoisotopic (exact) mass is 411 g/mol. The van der Waals surface area contributed by atoms with Crippen molar-refractivity contribution in [3.8, 4) is 22.8 Å². The number of hydrogen-bond donors (Lipinski definition) is 2. The van der Waals surface area contributed by atoms with Crippen LogP contribution in [0.3, 0.4) is 0 Å². The van der Waals surface area contributed by atoms with Gasteiger partial charge in [0.25, 0.3) is 0 Å². The molecule has 3 N–H and O–H groups in total. The molecule has 31 heavy (non-hydrogen) atoms. The SMILES string of the molecule is Cc1c(Oc2ccc(C(=O)O)cc2)nc2c(-c3cnc4ccccc4c3)cnn2c1N. The van der Waals surface area contributed by atoms with Crippen LogP contribution >= 0.6 is 0 Å². The van der Waals surface area contributed by atoms with Crippen LogP contribution in [0.1, 0.15) is 15.9 Å². The molecule has 8 heteroatoms. The third-order valence-corrected chi connectivity index (χ3v) is 5.10. The van der Waals surface area contributed by atoms with E-state index in [1.807, 2.05) is 30.3 Å². The van der Waals surface area contributed by atoms with Crippen LogP contribution in [0.25, 0.3) is 27.7 Å². The van der Waals surface area contributed by atoms with E-state index in [-0.39, 0.29) is 5.56 Å². The van der Waals surface area contributed by atoms with Crippen molar-refractivity contribution in [2.75, 3.05) is 5.73 Å². The molecule has 0 radical (unpaired) electrons. The van der Waals surface area contributed by atoms with Crippen LogP contribution in [0.15, 0.2) is 67.0 Å². The number of nitrogen functional groups attached to an aromatic ring is 1. The highest BCUT2D eigenvalue weighted by Crippen LogP contribution is 2.32. The molecule has 3 aromatic heterocycles. The van der Waals surface area contributed by atoms with Gasteiger partial charge < -0.3 is 15.6 Å². The predicted molar refractivity (Wildman–Crippen MR) is 116 cm³/mol. The molecule has 3 heterocycles. The minimum atomic E-state index is -1.00. The Bertz CT molecular complexity index is 1460. The van der Waals surface area contributed by atoms with Gasteiger partial charge in [0.05, 0.1) is 22.8 Å². The van der Waals surface area contributed by atoms with E-state index < -0.39 is 5.97 Å². The first-order valence-corrected chi connectivity index (χ1v) is 9.51. The standard InChI is InChI=1S/C23H17N5O3/c1-13-20(24)28-21(27-22(13)31-17-8-6-14(7-9-17)23(29)30)18(12-26-28)16-10-15-4-2-3-5-19(15)25-11-16/h2-12H,24H2,1H3,(H,29,30). The summed E-state index contributed by atoms with van der Waals surface area (Å²) in [6.07, 6.45) is 3.48. The van der Waals surface area contributed by atoms with Crippen LogP contribution in [-0.2, 0) is 0 Å². The van der Waals surface area contributed by atoms with Gasteiger partial charge in [0.15, 0.2) is 5.65 Å². The Labute approximate surface area is 176 Å². The highest BCUT2D eigenvalue weighted by atomic mass is 16.5. The molecule has 0 aliphatic heterocycles. The number of benzene rings is 2. The van der Waals surface area contributed by atoms with Crippen molar-refractivity contribution in [2.24, 2.45) is 0 Å². The lowest BCUT2D eigenvalue weighted by molar-refractivity contribution is 0.0697. The summed E-state index contributed by atoms with van der Waals surface area (Å²) in [6, 6.07) is 16.0.